The standard InChI is InChI=1S/C13H16N2O/c1-11-10-15(9-5-8-14)13(16-11)12-6-3-2-4-7-12/h2-4,6-7,11,13H,5,9-10H2,1H3. The zero-order chi connectivity index (χ0) is 11.4. The molecule has 1 fully saturated rings. The maximum atomic E-state index is 8.63. The molecule has 3 heteroatoms. The van der Waals surface area contributed by atoms with Crippen LogP contribution >= 0.6 is 0 Å². The Labute approximate surface area is 96.2 Å². The minimum Gasteiger partial charge on any atom is -0.355 e. The van der Waals surface area contributed by atoms with Gasteiger partial charge in [0.1, 0.15) is 6.23 Å². The van der Waals surface area contributed by atoms with Crippen molar-refractivity contribution in [2.45, 2.75) is 25.7 Å². The molecule has 2 rings (SSSR count). The van der Waals surface area contributed by atoms with Gasteiger partial charge in [0.25, 0.3) is 0 Å². The third-order valence-corrected chi connectivity index (χ3v) is 2.78. The van der Waals surface area contributed by atoms with Gasteiger partial charge in [-0.25, -0.2) is 0 Å². The number of rotatable bonds is 3. The molecular weight excluding hydrogens is 200 g/mol. The normalized spacial score (nSPS) is 25.5. The number of hydrogen-bond acceptors (Lipinski definition) is 3. The summed E-state index contributed by atoms with van der Waals surface area (Å²) in [7, 11) is 0. The van der Waals surface area contributed by atoms with Crippen LogP contribution < -0.4 is 0 Å². The highest BCUT2D eigenvalue weighted by Gasteiger charge is 2.30. The Morgan fingerprint density at radius 1 is 1.44 bits per heavy atom. The highest BCUT2D eigenvalue weighted by molar-refractivity contribution is 5.18. The molecule has 84 valence electrons. The van der Waals surface area contributed by atoms with E-state index in [4.69, 9.17) is 10.00 Å². The van der Waals surface area contributed by atoms with Crippen LogP contribution in [0, 0.1) is 11.3 Å². The van der Waals surface area contributed by atoms with Crippen LogP contribution in [0.1, 0.15) is 25.1 Å². The fraction of sp³-hybridized carbons (Fsp3) is 0.462. The number of nitriles is 1. The van der Waals surface area contributed by atoms with E-state index >= 15 is 0 Å². The molecule has 0 aliphatic carbocycles. The molecule has 0 saturated carbocycles. The Morgan fingerprint density at radius 3 is 2.88 bits per heavy atom. The minimum absolute atomic E-state index is 0.0181. The quantitative estimate of drug-likeness (QED) is 0.778. The summed E-state index contributed by atoms with van der Waals surface area (Å²) in [6.45, 7) is 3.75. The molecule has 1 aliphatic heterocycles. The van der Waals surface area contributed by atoms with Crippen molar-refractivity contribution in [2.24, 2.45) is 0 Å². The molecule has 1 aliphatic rings. The fourth-order valence-electron chi connectivity index (χ4n) is 2.08. The third kappa shape index (κ3) is 2.41. The minimum atomic E-state index is 0.0181. The molecule has 2 atom stereocenters. The van der Waals surface area contributed by atoms with E-state index in [-0.39, 0.29) is 12.3 Å². The molecule has 3 nitrogen and oxygen atoms in total. The van der Waals surface area contributed by atoms with Crippen molar-refractivity contribution in [3.05, 3.63) is 35.9 Å². The molecular formula is C13H16N2O. The monoisotopic (exact) mass is 216 g/mol. The Balaban J connectivity index is 2.10. The second kappa shape index (κ2) is 5.11. The van der Waals surface area contributed by atoms with E-state index in [9.17, 15) is 0 Å². The van der Waals surface area contributed by atoms with E-state index in [2.05, 4.69) is 30.0 Å². The summed E-state index contributed by atoms with van der Waals surface area (Å²) in [5.74, 6) is 0. The van der Waals surface area contributed by atoms with Crippen LogP contribution in [0.3, 0.4) is 0 Å². The summed E-state index contributed by atoms with van der Waals surface area (Å²) in [6.07, 6.45) is 0.813. The van der Waals surface area contributed by atoms with Gasteiger partial charge in [0.15, 0.2) is 0 Å². The summed E-state index contributed by atoms with van der Waals surface area (Å²) in [5, 5.41) is 8.63. The lowest BCUT2D eigenvalue weighted by molar-refractivity contribution is 0.00518. The highest BCUT2D eigenvalue weighted by Crippen LogP contribution is 2.29. The van der Waals surface area contributed by atoms with Gasteiger partial charge in [-0.05, 0) is 12.5 Å². The second-order valence-corrected chi connectivity index (χ2v) is 4.11. The first-order valence-corrected chi connectivity index (χ1v) is 5.62. The first-order valence-electron chi connectivity index (χ1n) is 5.62. The molecule has 0 bridgehead atoms. The van der Waals surface area contributed by atoms with E-state index in [1.807, 2.05) is 18.2 Å². The Bertz CT molecular complexity index is 371. The van der Waals surface area contributed by atoms with Gasteiger partial charge >= 0.3 is 0 Å². The van der Waals surface area contributed by atoms with Gasteiger partial charge in [-0.15, -0.1) is 0 Å². The summed E-state index contributed by atoms with van der Waals surface area (Å²) in [6, 6.07) is 12.4. The smallest absolute Gasteiger partial charge is 0.137 e. The fourth-order valence-corrected chi connectivity index (χ4v) is 2.08. The first-order chi connectivity index (χ1) is 7.81. The lowest BCUT2D eigenvalue weighted by Crippen LogP contribution is -2.25. The van der Waals surface area contributed by atoms with Gasteiger partial charge in [0.2, 0.25) is 0 Å². The van der Waals surface area contributed by atoms with E-state index in [0.29, 0.717) is 6.42 Å². The van der Waals surface area contributed by atoms with E-state index in [0.717, 1.165) is 13.1 Å². The summed E-state index contributed by atoms with van der Waals surface area (Å²) >= 11 is 0. The first kappa shape index (κ1) is 11.1. The lowest BCUT2D eigenvalue weighted by atomic mass is 10.2. The predicted octanol–water partition coefficient (Wildman–Crippen LogP) is 2.32. The van der Waals surface area contributed by atoms with Crippen LogP contribution in [0.25, 0.3) is 0 Å². The molecule has 0 N–H and O–H groups in total. The number of hydrogen-bond donors (Lipinski definition) is 0. The largest absolute Gasteiger partial charge is 0.355 e. The maximum absolute atomic E-state index is 8.63. The molecule has 2 unspecified atom stereocenters. The van der Waals surface area contributed by atoms with Crippen LogP contribution in [0.4, 0.5) is 0 Å². The number of ether oxygens (including phenoxy) is 1. The SMILES string of the molecule is CC1CN(CCC#N)C(c2ccccc2)O1. The molecule has 1 heterocycles. The summed E-state index contributed by atoms with van der Waals surface area (Å²) in [5.41, 5.74) is 1.17. The molecule has 0 aromatic heterocycles. The van der Waals surface area contributed by atoms with Crippen LogP contribution in [0.2, 0.25) is 0 Å². The van der Waals surface area contributed by atoms with Crippen molar-refractivity contribution in [2.75, 3.05) is 13.1 Å². The van der Waals surface area contributed by atoms with Crippen LogP contribution in [-0.2, 0) is 4.74 Å². The lowest BCUT2D eigenvalue weighted by Gasteiger charge is -2.21. The van der Waals surface area contributed by atoms with Crippen LogP contribution in [0.5, 0.6) is 0 Å². The number of benzene rings is 1. The van der Waals surface area contributed by atoms with Crippen molar-refractivity contribution in [3.8, 4) is 6.07 Å². The van der Waals surface area contributed by atoms with Crippen molar-refractivity contribution >= 4 is 0 Å². The summed E-state index contributed by atoms with van der Waals surface area (Å²) < 4.78 is 5.87. The van der Waals surface area contributed by atoms with E-state index in [1.54, 1.807) is 0 Å². The molecule has 1 aromatic rings. The third-order valence-electron chi connectivity index (χ3n) is 2.78. The van der Waals surface area contributed by atoms with E-state index < -0.39 is 0 Å². The second-order valence-electron chi connectivity index (χ2n) is 4.11. The van der Waals surface area contributed by atoms with Crippen molar-refractivity contribution < 1.29 is 4.74 Å². The maximum Gasteiger partial charge on any atom is 0.137 e. The average Bonchev–Trinajstić information content (AvgIpc) is 2.69. The van der Waals surface area contributed by atoms with Crippen LogP contribution in [0.15, 0.2) is 30.3 Å². The number of nitrogens with zero attached hydrogens (tertiary/aromatic N) is 2. The Kier molecular flexibility index (Phi) is 3.55. The van der Waals surface area contributed by atoms with E-state index in [1.165, 1.54) is 5.56 Å². The van der Waals surface area contributed by atoms with Gasteiger partial charge in [0, 0.05) is 19.5 Å². The van der Waals surface area contributed by atoms with Gasteiger partial charge in [-0.1, -0.05) is 30.3 Å². The average molecular weight is 216 g/mol. The van der Waals surface area contributed by atoms with Crippen LogP contribution in [-0.4, -0.2) is 24.1 Å². The Hall–Kier alpha value is -1.37. The predicted molar refractivity (Wildman–Crippen MR) is 61.5 cm³/mol. The Morgan fingerprint density at radius 2 is 2.19 bits per heavy atom. The van der Waals surface area contributed by atoms with Gasteiger partial charge in [-0.2, -0.15) is 5.26 Å². The molecule has 0 radical (unpaired) electrons. The zero-order valence-corrected chi connectivity index (χ0v) is 9.47. The molecule has 0 amide bonds. The van der Waals surface area contributed by atoms with Crippen molar-refractivity contribution in [1.29, 1.82) is 5.26 Å². The van der Waals surface area contributed by atoms with Crippen molar-refractivity contribution in [1.82, 2.24) is 4.90 Å². The zero-order valence-electron chi connectivity index (χ0n) is 9.47. The topological polar surface area (TPSA) is 36.3 Å². The molecule has 1 aromatic carbocycles. The van der Waals surface area contributed by atoms with Gasteiger partial charge in [-0.3, -0.25) is 4.90 Å². The van der Waals surface area contributed by atoms with Gasteiger partial charge in [0.05, 0.1) is 12.2 Å². The van der Waals surface area contributed by atoms with Crippen molar-refractivity contribution in [3.63, 3.8) is 0 Å². The highest BCUT2D eigenvalue weighted by atomic mass is 16.5. The molecule has 0 spiro atoms. The molecule has 1 saturated heterocycles. The van der Waals surface area contributed by atoms with Gasteiger partial charge < -0.3 is 4.74 Å². The molecule has 16 heavy (non-hydrogen) atoms. The summed E-state index contributed by atoms with van der Waals surface area (Å²) in [4.78, 5) is 2.23.